The van der Waals surface area contributed by atoms with Crippen LogP contribution in [0, 0.1) is 0 Å². The molecule has 0 amide bonds. The molecule has 0 radical (unpaired) electrons. The molecule has 3 rings (SSSR count). The van der Waals surface area contributed by atoms with Crippen molar-refractivity contribution in [2.45, 2.75) is 0 Å². The highest BCUT2D eigenvalue weighted by Gasteiger charge is 2.09. The minimum absolute atomic E-state index is 0.0709. The number of benzene rings is 1. The number of fused-ring (bicyclic) bond motifs is 1. The highest BCUT2D eigenvalue weighted by atomic mass is 16.5. The summed E-state index contributed by atoms with van der Waals surface area (Å²) in [6, 6.07) is 5.08. The summed E-state index contributed by atoms with van der Waals surface area (Å²) < 4.78 is 4.99. The first-order chi connectivity index (χ1) is 8.78. The SMILES string of the molecule is COc1ccc(-c2nc3ncncc3[nH]2)cc1O. The van der Waals surface area contributed by atoms with Gasteiger partial charge in [0.25, 0.3) is 0 Å². The van der Waals surface area contributed by atoms with E-state index in [1.165, 1.54) is 13.4 Å². The number of aromatic hydroxyl groups is 1. The minimum Gasteiger partial charge on any atom is -0.504 e. The van der Waals surface area contributed by atoms with E-state index in [-0.39, 0.29) is 5.75 Å². The number of phenols is 1. The van der Waals surface area contributed by atoms with Crippen molar-refractivity contribution in [2.24, 2.45) is 0 Å². The zero-order valence-corrected chi connectivity index (χ0v) is 9.58. The Kier molecular flexibility index (Phi) is 2.33. The van der Waals surface area contributed by atoms with Crippen LogP contribution < -0.4 is 4.74 Å². The molecule has 6 nitrogen and oxygen atoms in total. The van der Waals surface area contributed by atoms with Gasteiger partial charge in [0.1, 0.15) is 17.7 Å². The van der Waals surface area contributed by atoms with Crippen LogP contribution in [-0.4, -0.2) is 32.2 Å². The average Bonchev–Trinajstić information content (AvgIpc) is 2.82. The first-order valence-corrected chi connectivity index (χ1v) is 5.31. The Labute approximate surface area is 102 Å². The highest BCUT2D eigenvalue weighted by molar-refractivity contribution is 5.75. The molecular weight excluding hydrogens is 232 g/mol. The van der Waals surface area contributed by atoms with Gasteiger partial charge in [-0.1, -0.05) is 0 Å². The zero-order chi connectivity index (χ0) is 12.5. The molecule has 6 heteroatoms. The largest absolute Gasteiger partial charge is 0.504 e. The summed E-state index contributed by atoms with van der Waals surface area (Å²) >= 11 is 0. The third kappa shape index (κ3) is 1.64. The van der Waals surface area contributed by atoms with Gasteiger partial charge < -0.3 is 14.8 Å². The number of aromatic nitrogens is 4. The number of ether oxygens (including phenoxy) is 1. The number of nitrogens with one attached hydrogen (secondary N) is 1. The number of aromatic amines is 1. The van der Waals surface area contributed by atoms with E-state index in [4.69, 9.17) is 4.74 Å². The molecule has 2 N–H and O–H groups in total. The molecule has 0 spiro atoms. The molecule has 0 bridgehead atoms. The molecule has 0 fully saturated rings. The summed E-state index contributed by atoms with van der Waals surface area (Å²) in [7, 11) is 1.51. The Morgan fingerprint density at radius 2 is 2.22 bits per heavy atom. The molecule has 0 atom stereocenters. The molecule has 3 aromatic rings. The summed E-state index contributed by atoms with van der Waals surface area (Å²) in [5.74, 6) is 1.12. The molecule has 0 aliphatic carbocycles. The van der Waals surface area contributed by atoms with Crippen molar-refractivity contribution in [2.75, 3.05) is 7.11 Å². The predicted molar refractivity (Wildman–Crippen MR) is 65.3 cm³/mol. The number of phenolic OH excluding ortho intramolecular Hbond substituents is 1. The average molecular weight is 242 g/mol. The van der Waals surface area contributed by atoms with Crippen LogP contribution >= 0.6 is 0 Å². The van der Waals surface area contributed by atoms with Crippen LogP contribution in [0.4, 0.5) is 0 Å². The molecule has 0 saturated carbocycles. The lowest BCUT2D eigenvalue weighted by molar-refractivity contribution is 0.373. The number of nitrogens with zero attached hydrogens (tertiary/aromatic N) is 3. The zero-order valence-electron chi connectivity index (χ0n) is 9.58. The molecule has 0 saturated heterocycles. The fraction of sp³-hybridized carbons (Fsp3) is 0.0833. The summed E-state index contributed by atoms with van der Waals surface area (Å²) in [6.07, 6.45) is 3.10. The van der Waals surface area contributed by atoms with Gasteiger partial charge >= 0.3 is 0 Å². The van der Waals surface area contributed by atoms with Crippen LogP contribution in [0.25, 0.3) is 22.6 Å². The van der Waals surface area contributed by atoms with Gasteiger partial charge in [-0.3, -0.25) is 0 Å². The Bertz CT molecular complexity index is 675. The van der Waals surface area contributed by atoms with Crippen LogP contribution in [-0.2, 0) is 0 Å². The molecule has 0 unspecified atom stereocenters. The van der Waals surface area contributed by atoms with Gasteiger partial charge in [-0.15, -0.1) is 0 Å². The molecular formula is C12H10N4O2. The summed E-state index contributed by atoms with van der Waals surface area (Å²) in [5, 5.41) is 9.73. The monoisotopic (exact) mass is 242 g/mol. The number of hydrogen-bond donors (Lipinski definition) is 2. The fourth-order valence-corrected chi connectivity index (χ4v) is 1.74. The lowest BCUT2D eigenvalue weighted by atomic mass is 10.2. The quantitative estimate of drug-likeness (QED) is 0.715. The molecule has 0 aliphatic heterocycles. The molecule has 2 heterocycles. The summed E-state index contributed by atoms with van der Waals surface area (Å²) in [6.45, 7) is 0. The first kappa shape index (κ1) is 10.5. The van der Waals surface area contributed by atoms with Gasteiger partial charge in [0, 0.05) is 5.56 Å². The van der Waals surface area contributed by atoms with Crippen molar-refractivity contribution >= 4 is 11.2 Å². The fourth-order valence-electron chi connectivity index (χ4n) is 1.74. The maximum atomic E-state index is 9.73. The van der Waals surface area contributed by atoms with Crippen molar-refractivity contribution in [1.82, 2.24) is 19.9 Å². The standard InChI is InChI=1S/C12H10N4O2/c1-18-10-3-2-7(4-9(10)17)11-15-8-5-13-6-14-12(8)16-11/h2-6,17H,1H3,(H,13,14,15,16). The van der Waals surface area contributed by atoms with E-state index >= 15 is 0 Å². The maximum absolute atomic E-state index is 9.73. The second-order valence-electron chi connectivity index (χ2n) is 3.73. The van der Waals surface area contributed by atoms with Gasteiger partial charge in [-0.05, 0) is 18.2 Å². The Morgan fingerprint density at radius 3 is 2.94 bits per heavy atom. The van der Waals surface area contributed by atoms with Crippen LogP contribution in [0.3, 0.4) is 0 Å². The Morgan fingerprint density at radius 1 is 1.33 bits per heavy atom. The Balaban J connectivity index is 2.11. The molecule has 1 aromatic carbocycles. The van der Waals surface area contributed by atoms with Crippen LogP contribution in [0.1, 0.15) is 0 Å². The normalized spacial score (nSPS) is 10.7. The minimum atomic E-state index is 0.0709. The van der Waals surface area contributed by atoms with Gasteiger partial charge in [0.05, 0.1) is 13.3 Å². The topological polar surface area (TPSA) is 83.9 Å². The maximum Gasteiger partial charge on any atom is 0.181 e. The number of imidazole rings is 1. The first-order valence-electron chi connectivity index (χ1n) is 5.31. The van der Waals surface area contributed by atoms with E-state index in [0.717, 1.165) is 11.1 Å². The van der Waals surface area contributed by atoms with Gasteiger partial charge in [0.2, 0.25) is 0 Å². The third-order valence-corrected chi connectivity index (χ3v) is 2.61. The predicted octanol–water partition coefficient (Wildman–Crippen LogP) is 1.73. The second kappa shape index (κ2) is 3.99. The number of rotatable bonds is 2. The third-order valence-electron chi connectivity index (χ3n) is 2.61. The summed E-state index contributed by atoms with van der Waals surface area (Å²) in [4.78, 5) is 15.4. The van der Waals surface area contributed by atoms with Gasteiger partial charge in [-0.25, -0.2) is 15.0 Å². The molecule has 0 aliphatic rings. The lowest BCUT2D eigenvalue weighted by Gasteiger charge is -2.04. The van der Waals surface area contributed by atoms with Crippen LogP contribution in [0.5, 0.6) is 11.5 Å². The van der Waals surface area contributed by atoms with Gasteiger partial charge in [0.15, 0.2) is 17.1 Å². The van der Waals surface area contributed by atoms with E-state index in [0.29, 0.717) is 17.2 Å². The van der Waals surface area contributed by atoms with Crippen molar-refractivity contribution in [3.63, 3.8) is 0 Å². The lowest BCUT2D eigenvalue weighted by Crippen LogP contribution is -1.85. The van der Waals surface area contributed by atoms with E-state index in [9.17, 15) is 5.11 Å². The Hall–Kier alpha value is -2.63. The second-order valence-corrected chi connectivity index (χ2v) is 3.73. The number of H-pyrrole nitrogens is 1. The van der Waals surface area contributed by atoms with Crippen molar-refractivity contribution < 1.29 is 9.84 Å². The summed E-state index contributed by atoms with van der Waals surface area (Å²) in [5.41, 5.74) is 2.10. The van der Waals surface area contributed by atoms with E-state index < -0.39 is 0 Å². The number of hydrogen-bond acceptors (Lipinski definition) is 5. The molecule has 90 valence electrons. The van der Waals surface area contributed by atoms with Crippen molar-refractivity contribution in [3.05, 3.63) is 30.7 Å². The van der Waals surface area contributed by atoms with Gasteiger partial charge in [-0.2, -0.15) is 0 Å². The van der Waals surface area contributed by atoms with Crippen LogP contribution in [0.2, 0.25) is 0 Å². The van der Waals surface area contributed by atoms with E-state index in [1.807, 2.05) is 6.07 Å². The number of methoxy groups -OCH3 is 1. The van der Waals surface area contributed by atoms with E-state index in [1.54, 1.807) is 18.3 Å². The molecule has 18 heavy (non-hydrogen) atoms. The van der Waals surface area contributed by atoms with Crippen molar-refractivity contribution in [1.29, 1.82) is 0 Å². The van der Waals surface area contributed by atoms with Crippen LogP contribution in [0.15, 0.2) is 30.7 Å². The van der Waals surface area contributed by atoms with E-state index in [2.05, 4.69) is 19.9 Å². The smallest absolute Gasteiger partial charge is 0.181 e. The van der Waals surface area contributed by atoms with Crippen molar-refractivity contribution in [3.8, 4) is 22.9 Å². The molecule has 2 aromatic heterocycles. The highest BCUT2D eigenvalue weighted by Crippen LogP contribution is 2.30.